The Morgan fingerprint density at radius 3 is 2.26 bits per heavy atom. The van der Waals surface area contributed by atoms with Crippen molar-refractivity contribution >= 4 is 10.0 Å². The van der Waals surface area contributed by atoms with Gasteiger partial charge in [0.05, 0.1) is 11.0 Å². The molecule has 1 aromatic carbocycles. The summed E-state index contributed by atoms with van der Waals surface area (Å²) >= 11 is 0. The molecule has 0 radical (unpaired) electrons. The highest BCUT2D eigenvalue weighted by Gasteiger charge is 2.12. The monoisotopic (exact) mass is 286 g/mol. The fraction of sp³-hybridized carbons (Fsp3) is 0.538. The number of rotatable bonds is 7. The van der Waals surface area contributed by atoms with Crippen molar-refractivity contribution in [1.82, 2.24) is 10.0 Å². The van der Waals surface area contributed by atoms with Gasteiger partial charge in [0.25, 0.3) is 0 Å². The molecule has 6 heteroatoms. The number of nitrogens with one attached hydrogen (secondary N) is 2. The largest absolute Gasteiger partial charge is 0.393 e. The number of aliphatic hydroxyl groups excluding tert-OH is 1. The van der Waals surface area contributed by atoms with Crippen LogP contribution >= 0.6 is 0 Å². The first kappa shape index (κ1) is 16.1. The van der Waals surface area contributed by atoms with Crippen molar-refractivity contribution in [3.05, 3.63) is 29.8 Å². The summed E-state index contributed by atoms with van der Waals surface area (Å²) in [4.78, 5) is 0.259. The van der Waals surface area contributed by atoms with Crippen LogP contribution in [0.3, 0.4) is 0 Å². The van der Waals surface area contributed by atoms with Crippen molar-refractivity contribution in [3.8, 4) is 0 Å². The second kappa shape index (κ2) is 7.00. The van der Waals surface area contributed by atoms with Crippen LogP contribution in [0.1, 0.15) is 31.9 Å². The number of aliphatic hydroxyl groups is 1. The molecule has 0 saturated carbocycles. The average molecular weight is 286 g/mol. The van der Waals surface area contributed by atoms with E-state index in [0.717, 1.165) is 12.1 Å². The molecule has 1 rings (SSSR count). The maximum Gasteiger partial charge on any atom is 0.240 e. The minimum absolute atomic E-state index is 0.116. The van der Waals surface area contributed by atoms with Gasteiger partial charge >= 0.3 is 0 Å². The zero-order valence-electron chi connectivity index (χ0n) is 11.6. The summed E-state index contributed by atoms with van der Waals surface area (Å²) in [5.74, 6) is 0. The average Bonchev–Trinajstić information content (AvgIpc) is 2.38. The van der Waals surface area contributed by atoms with Gasteiger partial charge < -0.3 is 10.4 Å². The van der Waals surface area contributed by atoms with E-state index in [9.17, 15) is 13.5 Å². The SMILES string of the molecule is CNS(=O)(=O)c1ccc(C(C)NCCC(C)O)cc1. The zero-order valence-corrected chi connectivity index (χ0v) is 12.4. The fourth-order valence-electron chi connectivity index (χ4n) is 1.68. The molecule has 0 fully saturated rings. The van der Waals surface area contributed by atoms with E-state index in [-0.39, 0.29) is 17.0 Å². The highest BCUT2D eigenvalue weighted by Crippen LogP contribution is 2.16. The quantitative estimate of drug-likeness (QED) is 0.699. The number of benzene rings is 1. The summed E-state index contributed by atoms with van der Waals surface area (Å²) in [6, 6.07) is 6.89. The van der Waals surface area contributed by atoms with Crippen molar-refractivity contribution in [2.75, 3.05) is 13.6 Å². The molecule has 0 aromatic heterocycles. The highest BCUT2D eigenvalue weighted by molar-refractivity contribution is 7.89. The van der Waals surface area contributed by atoms with Crippen LogP contribution < -0.4 is 10.0 Å². The lowest BCUT2D eigenvalue weighted by molar-refractivity contribution is 0.182. The Hall–Kier alpha value is -0.950. The van der Waals surface area contributed by atoms with Gasteiger partial charge in [-0.2, -0.15) is 0 Å². The van der Waals surface area contributed by atoms with Crippen LogP contribution in [0.2, 0.25) is 0 Å². The van der Waals surface area contributed by atoms with E-state index >= 15 is 0 Å². The van der Waals surface area contributed by atoms with E-state index in [2.05, 4.69) is 10.0 Å². The summed E-state index contributed by atoms with van der Waals surface area (Å²) in [5, 5.41) is 12.5. The molecular weight excluding hydrogens is 264 g/mol. The van der Waals surface area contributed by atoms with Crippen LogP contribution in [-0.4, -0.2) is 33.2 Å². The van der Waals surface area contributed by atoms with Crippen molar-refractivity contribution in [2.24, 2.45) is 0 Å². The molecule has 0 heterocycles. The minimum atomic E-state index is -3.37. The number of hydrogen-bond acceptors (Lipinski definition) is 4. The Morgan fingerprint density at radius 1 is 1.21 bits per heavy atom. The van der Waals surface area contributed by atoms with Crippen molar-refractivity contribution < 1.29 is 13.5 Å². The van der Waals surface area contributed by atoms with E-state index in [1.807, 2.05) is 6.92 Å². The molecule has 108 valence electrons. The molecule has 2 atom stereocenters. The van der Waals surface area contributed by atoms with E-state index in [1.54, 1.807) is 31.2 Å². The molecule has 0 saturated heterocycles. The van der Waals surface area contributed by atoms with Crippen LogP contribution in [0.15, 0.2) is 29.2 Å². The first-order chi connectivity index (χ1) is 8.86. The number of sulfonamides is 1. The van der Waals surface area contributed by atoms with Crippen LogP contribution in [-0.2, 0) is 10.0 Å². The summed E-state index contributed by atoms with van der Waals surface area (Å²) in [7, 11) is -1.98. The van der Waals surface area contributed by atoms with Crippen LogP contribution in [0.4, 0.5) is 0 Å². The topological polar surface area (TPSA) is 78.4 Å². The molecule has 0 aliphatic rings. The Labute approximate surface area is 115 Å². The highest BCUT2D eigenvalue weighted by atomic mass is 32.2. The molecule has 1 aromatic rings. The molecule has 0 aliphatic heterocycles. The van der Waals surface area contributed by atoms with Gasteiger partial charge in [0, 0.05) is 6.04 Å². The van der Waals surface area contributed by atoms with Crippen molar-refractivity contribution in [3.63, 3.8) is 0 Å². The lowest BCUT2D eigenvalue weighted by Crippen LogP contribution is -2.23. The van der Waals surface area contributed by atoms with Gasteiger partial charge in [-0.15, -0.1) is 0 Å². The first-order valence-electron chi connectivity index (χ1n) is 6.32. The van der Waals surface area contributed by atoms with Crippen LogP contribution in [0.5, 0.6) is 0 Å². The summed E-state index contributed by atoms with van der Waals surface area (Å²) in [6.45, 7) is 4.47. The Kier molecular flexibility index (Phi) is 5.93. The number of hydrogen-bond donors (Lipinski definition) is 3. The third-order valence-electron chi connectivity index (χ3n) is 2.97. The molecule has 0 bridgehead atoms. The maximum atomic E-state index is 11.6. The fourth-order valence-corrected chi connectivity index (χ4v) is 2.41. The predicted molar refractivity (Wildman–Crippen MR) is 75.4 cm³/mol. The third kappa shape index (κ3) is 4.91. The normalized spacial score (nSPS) is 15.2. The predicted octanol–water partition coefficient (Wildman–Crippen LogP) is 1.02. The van der Waals surface area contributed by atoms with Crippen molar-refractivity contribution in [1.29, 1.82) is 0 Å². The maximum absolute atomic E-state index is 11.6. The molecule has 19 heavy (non-hydrogen) atoms. The summed E-state index contributed by atoms with van der Waals surface area (Å²) in [6.07, 6.45) is 0.374. The van der Waals surface area contributed by atoms with Gasteiger partial charge in [-0.05, 0) is 51.6 Å². The zero-order chi connectivity index (χ0) is 14.5. The van der Waals surface area contributed by atoms with Crippen LogP contribution in [0, 0.1) is 0 Å². The van der Waals surface area contributed by atoms with Gasteiger partial charge in [-0.25, -0.2) is 13.1 Å². The van der Waals surface area contributed by atoms with Gasteiger partial charge in [0.15, 0.2) is 0 Å². The van der Waals surface area contributed by atoms with Gasteiger partial charge in [-0.1, -0.05) is 12.1 Å². The lowest BCUT2D eigenvalue weighted by atomic mass is 10.1. The second-order valence-corrected chi connectivity index (χ2v) is 6.48. The Balaban J connectivity index is 2.66. The molecule has 0 spiro atoms. The molecule has 2 unspecified atom stereocenters. The van der Waals surface area contributed by atoms with Gasteiger partial charge in [0.2, 0.25) is 10.0 Å². The van der Waals surface area contributed by atoms with E-state index in [4.69, 9.17) is 0 Å². The standard InChI is InChI=1S/C13H22N2O3S/c1-10(16)8-9-15-11(2)12-4-6-13(7-5-12)19(17,18)14-3/h4-7,10-11,14-16H,8-9H2,1-3H3. The summed E-state index contributed by atoms with van der Waals surface area (Å²) < 4.78 is 25.4. The third-order valence-corrected chi connectivity index (χ3v) is 4.40. The van der Waals surface area contributed by atoms with E-state index in [1.165, 1.54) is 7.05 Å². The van der Waals surface area contributed by atoms with Crippen LogP contribution in [0.25, 0.3) is 0 Å². The first-order valence-corrected chi connectivity index (χ1v) is 7.80. The lowest BCUT2D eigenvalue weighted by Gasteiger charge is -2.15. The molecule has 0 amide bonds. The summed E-state index contributed by atoms with van der Waals surface area (Å²) in [5.41, 5.74) is 1.01. The smallest absolute Gasteiger partial charge is 0.240 e. The molecule has 5 nitrogen and oxygen atoms in total. The van der Waals surface area contributed by atoms with E-state index < -0.39 is 10.0 Å². The van der Waals surface area contributed by atoms with Gasteiger partial charge in [-0.3, -0.25) is 0 Å². The molecule has 0 aliphatic carbocycles. The molecular formula is C13H22N2O3S. The van der Waals surface area contributed by atoms with Crippen molar-refractivity contribution in [2.45, 2.75) is 37.3 Å². The second-order valence-electron chi connectivity index (χ2n) is 4.59. The molecule has 3 N–H and O–H groups in total. The van der Waals surface area contributed by atoms with Gasteiger partial charge in [0.1, 0.15) is 0 Å². The Bertz CT molecular complexity index is 483. The minimum Gasteiger partial charge on any atom is -0.393 e. The Morgan fingerprint density at radius 2 is 1.79 bits per heavy atom. The van der Waals surface area contributed by atoms with E-state index in [0.29, 0.717) is 6.42 Å².